The van der Waals surface area contributed by atoms with Crippen LogP contribution in [0.15, 0.2) is 76.4 Å². The van der Waals surface area contributed by atoms with Gasteiger partial charge >= 0.3 is 6.03 Å². The van der Waals surface area contributed by atoms with Crippen LogP contribution >= 0.6 is 0 Å². The fraction of sp³-hybridized carbons (Fsp3) is 0.0500. The van der Waals surface area contributed by atoms with E-state index in [9.17, 15) is 19.7 Å². The molecule has 0 aliphatic heterocycles. The molecule has 0 radical (unpaired) electrons. The van der Waals surface area contributed by atoms with E-state index in [0.29, 0.717) is 22.6 Å². The maximum absolute atomic E-state index is 12.1. The van der Waals surface area contributed by atoms with Gasteiger partial charge in [0.05, 0.1) is 23.9 Å². The Hall–Kier alpha value is -4.47. The van der Waals surface area contributed by atoms with Crippen molar-refractivity contribution in [1.29, 1.82) is 0 Å². The van der Waals surface area contributed by atoms with E-state index in [1.165, 1.54) is 42.8 Å². The Bertz CT molecular complexity index is 1060. The fourth-order valence-corrected chi connectivity index (χ4v) is 2.41. The van der Waals surface area contributed by atoms with Gasteiger partial charge in [-0.3, -0.25) is 14.9 Å². The van der Waals surface area contributed by atoms with Crippen molar-refractivity contribution in [2.24, 2.45) is 5.10 Å². The van der Waals surface area contributed by atoms with Gasteiger partial charge in [-0.15, -0.1) is 0 Å². The van der Waals surface area contributed by atoms with Crippen molar-refractivity contribution in [2.75, 3.05) is 5.32 Å². The number of furan rings is 1. The van der Waals surface area contributed by atoms with Gasteiger partial charge in [-0.1, -0.05) is 12.1 Å². The topological polar surface area (TPSA) is 139 Å². The number of nitrogens with zero attached hydrogens (tertiary/aromatic N) is 2. The van der Waals surface area contributed by atoms with Crippen LogP contribution in [-0.4, -0.2) is 23.1 Å². The van der Waals surface area contributed by atoms with Crippen molar-refractivity contribution in [3.8, 4) is 0 Å². The molecule has 0 atom stereocenters. The summed E-state index contributed by atoms with van der Waals surface area (Å²) >= 11 is 0. The molecule has 0 aliphatic carbocycles. The number of amides is 3. The van der Waals surface area contributed by atoms with Crippen LogP contribution in [0.4, 0.5) is 16.2 Å². The number of carbonyl (C=O) groups is 2. The van der Waals surface area contributed by atoms with Crippen LogP contribution in [0.5, 0.6) is 0 Å². The fourth-order valence-electron chi connectivity index (χ4n) is 2.41. The first kappa shape index (κ1) is 20.3. The first-order valence-electron chi connectivity index (χ1n) is 8.76. The number of hydrogen-bond donors (Lipinski definition) is 3. The Labute approximate surface area is 170 Å². The monoisotopic (exact) mass is 407 g/mol. The first-order valence-corrected chi connectivity index (χ1v) is 8.76. The largest absolute Gasteiger partial charge is 0.467 e. The second kappa shape index (κ2) is 9.64. The normalized spacial score (nSPS) is 10.5. The number of urea groups is 1. The number of nitrogens with one attached hydrogen (secondary N) is 3. The van der Waals surface area contributed by atoms with Gasteiger partial charge in [-0.25, -0.2) is 10.2 Å². The highest BCUT2D eigenvalue weighted by Gasteiger charge is 2.07. The van der Waals surface area contributed by atoms with Crippen LogP contribution < -0.4 is 16.1 Å². The summed E-state index contributed by atoms with van der Waals surface area (Å²) in [5.41, 5.74) is 3.58. The Balaban J connectivity index is 1.50. The molecule has 3 amide bonds. The highest BCUT2D eigenvalue weighted by atomic mass is 16.6. The number of nitro benzene ring substituents is 1. The number of nitro groups is 1. The minimum absolute atomic E-state index is 0.0680. The summed E-state index contributed by atoms with van der Waals surface area (Å²) in [4.78, 5) is 34.2. The highest BCUT2D eigenvalue weighted by molar-refractivity contribution is 5.96. The van der Waals surface area contributed by atoms with Gasteiger partial charge in [0.2, 0.25) is 0 Å². The Kier molecular flexibility index (Phi) is 6.51. The van der Waals surface area contributed by atoms with Crippen LogP contribution in [0.2, 0.25) is 0 Å². The quantitative estimate of drug-likeness (QED) is 0.313. The molecule has 2 aromatic carbocycles. The van der Waals surface area contributed by atoms with Gasteiger partial charge in [0.25, 0.3) is 11.6 Å². The average molecular weight is 407 g/mol. The number of benzene rings is 2. The van der Waals surface area contributed by atoms with E-state index in [1.54, 1.807) is 30.3 Å². The minimum Gasteiger partial charge on any atom is -0.467 e. The number of carbonyl (C=O) groups excluding carboxylic acids is 2. The lowest BCUT2D eigenvalue weighted by Crippen LogP contribution is -2.28. The van der Waals surface area contributed by atoms with E-state index in [0.717, 1.165) is 0 Å². The third kappa shape index (κ3) is 5.76. The molecule has 0 bridgehead atoms. The van der Waals surface area contributed by atoms with Gasteiger partial charge in [0.15, 0.2) is 0 Å². The van der Waals surface area contributed by atoms with E-state index in [1.807, 2.05) is 0 Å². The lowest BCUT2D eigenvalue weighted by Gasteiger charge is -2.07. The molecular formula is C20H17N5O5. The number of anilines is 1. The third-order valence-corrected chi connectivity index (χ3v) is 3.87. The van der Waals surface area contributed by atoms with Crippen molar-refractivity contribution < 1.29 is 18.9 Å². The predicted molar refractivity (Wildman–Crippen MR) is 109 cm³/mol. The highest BCUT2D eigenvalue weighted by Crippen LogP contribution is 2.12. The molecule has 0 spiro atoms. The van der Waals surface area contributed by atoms with Crippen LogP contribution in [0.25, 0.3) is 0 Å². The van der Waals surface area contributed by atoms with Crippen molar-refractivity contribution in [2.45, 2.75) is 6.54 Å². The van der Waals surface area contributed by atoms with Gasteiger partial charge in [-0.2, -0.15) is 5.10 Å². The van der Waals surface area contributed by atoms with Gasteiger partial charge in [-0.05, 0) is 36.4 Å². The molecule has 30 heavy (non-hydrogen) atoms. The number of rotatable bonds is 7. The van der Waals surface area contributed by atoms with Crippen molar-refractivity contribution >= 4 is 29.5 Å². The van der Waals surface area contributed by atoms with E-state index in [-0.39, 0.29) is 12.2 Å². The Morgan fingerprint density at radius 1 is 1.10 bits per heavy atom. The zero-order valence-corrected chi connectivity index (χ0v) is 15.6. The predicted octanol–water partition coefficient (Wildman–Crippen LogP) is 3.27. The molecule has 3 rings (SSSR count). The molecular weight excluding hydrogens is 390 g/mol. The zero-order valence-electron chi connectivity index (χ0n) is 15.6. The smallest absolute Gasteiger partial charge is 0.319 e. The summed E-state index contributed by atoms with van der Waals surface area (Å²) in [6.45, 7) is 0.252. The van der Waals surface area contributed by atoms with E-state index < -0.39 is 16.9 Å². The molecule has 3 aromatic rings. The third-order valence-electron chi connectivity index (χ3n) is 3.87. The summed E-state index contributed by atoms with van der Waals surface area (Å²) in [5.74, 6) is 0.160. The summed E-state index contributed by atoms with van der Waals surface area (Å²) < 4.78 is 5.12. The zero-order chi connectivity index (χ0) is 21.3. The molecule has 0 saturated carbocycles. The van der Waals surface area contributed by atoms with Gasteiger partial charge < -0.3 is 15.1 Å². The van der Waals surface area contributed by atoms with Gasteiger partial charge in [0.1, 0.15) is 5.76 Å². The lowest BCUT2D eigenvalue weighted by atomic mass is 10.2. The molecule has 1 aromatic heterocycles. The van der Waals surface area contributed by atoms with Crippen LogP contribution in [0, 0.1) is 10.1 Å². The molecule has 10 heteroatoms. The molecule has 0 fully saturated rings. The second-order valence-corrected chi connectivity index (χ2v) is 6.02. The van der Waals surface area contributed by atoms with E-state index >= 15 is 0 Å². The van der Waals surface area contributed by atoms with E-state index in [4.69, 9.17) is 4.42 Å². The molecule has 0 aliphatic rings. The molecule has 0 unspecified atom stereocenters. The Morgan fingerprint density at radius 3 is 2.60 bits per heavy atom. The molecule has 152 valence electrons. The summed E-state index contributed by atoms with van der Waals surface area (Å²) in [5, 5.41) is 19.8. The summed E-state index contributed by atoms with van der Waals surface area (Å²) in [6, 6.07) is 15.1. The minimum atomic E-state index is -0.511. The number of hydrogen-bond acceptors (Lipinski definition) is 6. The summed E-state index contributed by atoms with van der Waals surface area (Å²) in [6.07, 6.45) is 2.83. The molecule has 1 heterocycles. The van der Waals surface area contributed by atoms with Crippen molar-refractivity contribution in [3.05, 3.63) is 93.9 Å². The Morgan fingerprint density at radius 2 is 1.90 bits per heavy atom. The standard InChI is InChI=1S/C20H17N5O5/c26-19(24-22-12-14-3-1-4-17(11-14)25(28)29)15-6-8-16(9-7-15)23-20(27)21-13-18-5-2-10-30-18/h1-12H,13H2,(H,24,26)(H2,21,23,27). The van der Waals surface area contributed by atoms with Crippen molar-refractivity contribution in [1.82, 2.24) is 10.7 Å². The molecule has 0 saturated heterocycles. The average Bonchev–Trinajstić information content (AvgIpc) is 3.27. The van der Waals surface area contributed by atoms with Crippen LogP contribution in [-0.2, 0) is 6.54 Å². The number of non-ortho nitro benzene ring substituents is 1. The van der Waals surface area contributed by atoms with Crippen LogP contribution in [0.1, 0.15) is 21.7 Å². The van der Waals surface area contributed by atoms with Crippen LogP contribution in [0.3, 0.4) is 0 Å². The SMILES string of the molecule is O=C(NCc1ccco1)Nc1ccc(C(=O)NN=Cc2cccc([N+](=O)[O-])c2)cc1. The first-order chi connectivity index (χ1) is 14.5. The van der Waals surface area contributed by atoms with Gasteiger partial charge in [0, 0.05) is 28.9 Å². The number of hydrazone groups is 1. The lowest BCUT2D eigenvalue weighted by molar-refractivity contribution is -0.384. The molecule has 3 N–H and O–H groups in total. The van der Waals surface area contributed by atoms with Crippen molar-refractivity contribution in [3.63, 3.8) is 0 Å². The second-order valence-electron chi connectivity index (χ2n) is 6.02. The maximum Gasteiger partial charge on any atom is 0.319 e. The molecule has 10 nitrogen and oxygen atoms in total. The maximum atomic E-state index is 12.1. The summed E-state index contributed by atoms with van der Waals surface area (Å²) in [7, 11) is 0. The van der Waals surface area contributed by atoms with E-state index in [2.05, 4.69) is 21.2 Å².